The number of nitrogens with one attached hydrogen (secondary N) is 1. The van der Waals surface area contributed by atoms with Crippen LogP contribution in [0.25, 0.3) is 16.6 Å². The quantitative estimate of drug-likeness (QED) is 0.402. The van der Waals surface area contributed by atoms with Gasteiger partial charge in [-0.3, -0.25) is 14.3 Å². The molecule has 1 unspecified atom stereocenters. The molecule has 4 aromatic rings. The minimum Gasteiger partial charge on any atom is -0.382 e. The van der Waals surface area contributed by atoms with E-state index in [0.29, 0.717) is 12.1 Å². The molecule has 168 valence electrons. The number of nitriles is 2. The van der Waals surface area contributed by atoms with E-state index in [2.05, 4.69) is 25.3 Å². The van der Waals surface area contributed by atoms with E-state index in [1.807, 2.05) is 12.1 Å². The molecule has 0 bridgehead atoms. The molecule has 1 aromatic carbocycles. The van der Waals surface area contributed by atoms with E-state index in [4.69, 9.17) is 11.5 Å². The van der Waals surface area contributed by atoms with E-state index in [0.717, 1.165) is 6.07 Å². The lowest BCUT2D eigenvalue weighted by molar-refractivity contribution is 0.624. The number of nitrogens with zero attached hydrogens (tertiary/aromatic N) is 7. The van der Waals surface area contributed by atoms with Gasteiger partial charge < -0.3 is 16.8 Å². The molecule has 11 nitrogen and oxygen atoms in total. The first-order valence-electron chi connectivity index (χ1n) is 10.0. The van der Waals surface area contributed by atoms with Crippen LogP contribution in [0.5, 0.6) is 0 Å². The van der Waals surface area contributed by atoms with Crippen LogP contribution in [0, 0.1) is 28.5 Å². The van der Waals surface area contributed by atoms with Crippen molar-refractivity contribution in [2.24, 2.45) is 0 Å². The van der Waals surface area contributed by atoms with Crippen molar-refractivity contribution in [3.63, 3.8) is 0 Å². The van der Waals surface area contributed by atoms with Crippen molar-refractivity contribution in [1.29, 1.82) is 10.5 Å². The smallest absolute Gasteiger partial charge is 0.267 e. The molecule has 1 atom stereocenters. The highest BCUT2D eigenvalue weighted by atomic mass is 19.1. The molecular weight excluding hydrogens is 439 g/mol. The second-order valence-corrected chi connectivity index (χ2v) is 7.16. The maximum atomic E-state index is 14.8. The van der Waals surface area contributed by atoms with E-state index in [1.165, 1.54) is 23.0 Å². The Morgan fingerprint density at radius 1 is 1.18 bits per heavy atom. The van der Waals surface area contributed by atoms with Crippen molar-refractivity contribution >= 4 is 28.5 Å². The first-order valence-corrected chi connectivity index (χ1v) is 10.0. The van der Waals surface area contributed by atoms with Gasteiger partial charge in [-0.2, -0.15) is 20.5 Å². The number of fused-ring (bicyclic) bond motifs is 1. The van der Waals surface area contributed by atoms with Gasteiger partial charge in [-0.05, 0) is 30.7 Å². The third-order valence-corrected chi connectivity index (χ3v) is 5.12. The zero-order chi connectivity index (χ0) is 24.4. The normalized spacial score (nSPS) is 11.5. The number of aromatic nitrogens is 5. The van der Waals surface area contributed by atoms with Crippen LogP contribution in [-0.2, 0) is 0 Å². The van der Waals surface area contributed by atoms with Gasteiger partial charge in [0.25, 0.3) is 5.56 Å². The molecule has 0 amide bonds. The molecule has 5 N–H and O–H groups in total. The summed E-state index contributed by atoms with van der Waals surface area (Å²) < 4.78 is 16.0. The summed E-state index contributed by atoms with van der Waals surface area (Å²) in [6.45, 7) is 1.80. The van der Waals surface area contributed by atoms with Gasteiger partial charge in [-0.25, -0.2) is 9.37 Å². The summed E-state index contributed by atoms with van der Waals surface area (Å²) in [4.78, 5) is 30.0. The van der Waals surface area contributed by atoms with Gasteiger partial charge in [0.15, 0.2) is 5.82 Å². The molecule has 0 aliphatic carbocycles. The summed E-state index contributed by atoms with van der Waals surface area (Å²) in [6, 6.07) is 8.66. The predicted molar refractivity (Wildman–Crippen MR) is 122 cm³/mol. The van der Waals surface area contributed by atoms with Crippen LogP contribution in [0.15, 0.2) is 41.5 Å². The molecule has 4 rings (SSSR count). The van der Waals surface area contributed by atoms with Gasteiger partial charge in [0.2, 0.25) is 5.95 Å². The van der Waals surface area contributed by atoms with E-state index < -0.39 is 17.4 Å². The van der Waals surface area contributed by atoms with E-state index in [9.17, 15) is 19.7 Å². The van der Waals surface area contributed by atoms with E-state index in [1.54, 1.807) is 19.1 Å². The van der Waals surface area contributed by atoms with E-state index >= 15 is 0 Å². The Hall–Kier alpha value is -5.10. The topological polar surface area (TPSA) is 185 Å². The Morgan fingerprint density at radius 2 is 1.97 bits per heavy atom. The van der Waals surface area contributed by atoms with Crippen LogP contribution in [0.3, 0.4) is 0 Å². The number of anilines is 3. The SMILES string of the molecule is CCC(Nc1nc(N)nc(N)c1C#N)c1nc2c(F)ccc(C#N)c2c(=O)n1-c1cccnc1. The van der Waals surface area contributed by atoms with Crippen molar-refractivity contribution in [2.45, 2.75) is 19.4 Å². The number of nitrogen functional groups attached to an aromatic ring is 2. The largest absolute Gasteiger partial charge is 0.382 e. The summed E-state index contributed by atoms with van der Waals surface area (Å²) >= 11 is 0. The average Bonchev–Trinajstić information content (AvgIpc) is 2.83. The third-order valence-electron chi connectivity index (χ3n) is 5.12. The van der Waals surface area contributed by atoms with Gasteiger partial charge in [0, 0.05) is 6.20 Å². The first kappa shape index (κ1) is 22.1. The lowest BCUT2D eigenvalue weighted by Crippen LogP contribution is -2.29. The highest BCUT2D eigenvalue weighted by Crippen LogP contribution is 2.28. The minimum atomic E-state index is -0.756. The molecular formula is C22H17FN10O. The fourth-order valence-electron chi connectivity index (χ4n) is 3.56. The highest BCUT2D eigenvalue weighted by Gasteiger charge is 2.25. The van der Waals surface area contributed by atoms with Crippen LogP contribution >= 0.6 is 0 Å². The van der Waals surface area contributed by atoms with Crippen molar-refractivity contribution in [2.75, 3.05) is 16.8 Å². The van der Waals surface area contributed by atoms with Crippen LogP contribution in [0.2, 0.25) is 0 Å². The third kappa shape index (κ3) is 3.69. The number of rotatable bonds is 5. The summed E-state index contributed by atoms with van der Waals surface area (Å²) in [6.07, 6.45) is 3.31. The lowest BCUT2D eigenvalue weighted by atomic mass is 10.1. The van der Waals surface area contributed by atoms with Crippen molar-refractivity contribution in [3.05, 3.63) is 69.8 Å². The number of nitrogens with two attached hydrogens (primary N) is 2. The molecule has 34 heavy (non-hydrogen) atoms. The van der Waals surface area contributed by atoms with Crippen molar-refractivity contribution < 1.29 is 4.39 Å². The van der Waals surface area contributed by atoms with Gasteiger partial charge in [0.1, 0.15) is 40.7 Å². The maximum Gasteiger partial charge on any atom is 0.267 e. The fraction of sp³-hybridized carbons (Fsp3) is 0.136. The molecule has 0 radical (unpaired) electrons. The molecule has 3 heterocycles. The molecule has 0 spiro atoms. The summed E-state index contributed by atoms with van der Waals surface area (Å²) in [5, 5.41) is 21.9. The summed E-state index contributed by atoms with van der Waals surface area (Å²) in [5.41, 5.74) is 10.9. The van der Waals surface area contributed by atoms with Gasteiger partial charge in [-0.15, -0.1) is 0 Å². The Labute approximate surface area is 192 Å². The summed E-state index contributed by atoms with van der Waals surface area (Å²) in [7, 11) is 0. The highest BCUT2D eigenvalue weighted by molar-refractivity contribution is 5.85. The molecule has 12 heteroatoms. The average molecular weight is 456 g/mol. The second-order valence-electron chi connectivity index (χ2n) is 7.16. The maximum absolute atomic E-state index is 14.8. The van der Waals surface area contributed by atoms with Crippen molar-refractivity contribution in [1.82, 2.24) is 24.5 Å². The second kappa shape index (κ2) is 8.80. The lowest BCUT2D eigenvalue weighted by Gasteiger charge is -2.22. The van der Waals surface area contributed by atoms with Crippen LogP contribution < -0.4 is 22.3 Å². The standard InChI is InChI=1S/C22H17FN10O/c1-2-15(29-19-13(9-25)18(26)31-22(27)32-19)20-30-17-14(23)6-5-11(8-24)16(17)21(34)33(20)12-4-3-7-28-10-12/h3-7,10,15H,2H2,1H3,(H5,26,27,29,31,32). The molecule has 0 saturated carbocycles. The minimum absolute atomic E-state index is 0.0118. The number of pyridine rings is 1. The zero-order valence-electron chi connectivity index (χ0n) is 17.8. The van der Waals surface area contributed by atoms with Crippen LogP contribution in [0.4, 0.5) is 22.0 Å². The van der Waals surface area contributed by atoms with Gasteiger partial charge in [0.05, 0.1) is 28.9 Å². The summed E-state index contributed by atoms with van der Waals surface area (Å²) in [5.74, 6) is -0.879. The Bertz CT molecular complexity index is 1550. The van der Waals surface area contributed by atoms with Crippen molar-refractivity contribution in [3.8, 4) is 17.8 Å². The Morgan fingerprint density at radius 3 is 2.62 bits per heavy atom. The molecule has 0 fully saturated rings. The number of hydrogen-bond donors (Lipinski definition) is 3. The van der Waals surface area contributed by atoms with E-state index in [-0.39, 0.29) is 45.4 Å². The molecule has 0 saturated heterocycles. The molecule has 3 aromatic heterocycles. The Kier molecular flexibility index (Phi) is 5.72. The zero-order valence-corrected chi connectivity index (χ0v) is 17.8. The van der Waals surface area contributed by atoms with Crippen LogP contribution in [0.1, 0.15) is 36.3 Å². The number of hydrogen-bond acceptors (Lipinski definition) is 10. The van der Waals surface area contributed by atoms with Gasteiger partial charge in [-0.1, -0.05) is 6.92 Å². The Balaban J connectivity index is 2.03. The number of halogens is 1. The first-order chi connectivity index (χ1) is 16.4. The molecule has 0 aliphatic heterocycles. The number of benzene rings is 1. The monoisotopic (exact) mass is 456 g/mol. The fourth-order valence-corrected chi connectivity index (χ4v) is 3.56. The molecule has 0 aliphatic rings. The predicted octanol–water partition coefficient (Wildman–Crippen LogP) is 2.18. The van der Waals surface area contributed by atoms with Gasteiger partial charge >= 0.3 is 0 Å². The van der Waals surface area contributed by atoms with Crippen LogP contribution in [-0.4, -0.2) is 24.5 Å².